The Bertz CT molecular complexity index is 927. The van der Waals surface area contributed by atoms with Crippen molar-refractivity contribution >= 4 is 10.0 Å². The molecule has 25 heavy (non-hydrogen) atoms. The monoisotopic (exact) mass is 361 g/mol. The molecule has 130 valence electrons. The van der Waals surface area contributed by atoms with Gasteiger partial charge in [0.1, 0.15) is 12.9 Å². The Kier molecular flexibility index (Phi) is 5.07. The van der Waals surface area contributed by atoms with Gasteiger partial charge in [-0.15, -0.1) is 10.2 Å². The molecule has 3 aromatic rings. The first-order valence-electron chi connectivity index (χ1n) is 7.32. The summed E-state index contributed by atoms with van der Waals surface area (Å²) in [5.74, 6) is 0.376. The van der Waals surface area contributed by atoms with Gasteiger partial charge in [-0.25, -0.2) is 23.1 Å². The summed E-state index contributed by atoms with van der Waals surface area (Å²) >= 11 is 0. The minimum absolute atomic E-state index is 0.0387. The lowest BCUT2D eigenvalue weighted by Crippen LogP contribution is -2.26. The van der Waals surface area contributed by atoms with Gasteiger partial charge < -0.3 is 5.11 Å². The molecule has 0 amide bonds. The third-order valence-electron chi connectivity index (χ3n) is 3.23. The van der Waals surface area contributed by atoms with Crippen LogP contribution in [0, 0.1) is 0 Å². The van der Waals surface area contributed by atoms with Crippen LogP contribution in [0.15, 0.2) is 47.8 Å². The van der Waals surface area contributed by atoms with Crippen LogP contribution in [0.2, 0.25) is 0 Å². The van der Waals surface area contributed by atoms with Crippen LogP contribution in [0.4, 0.5) is 0 Å². The Labute approximate surface area is 143 Å². The smallest absolute Gasteiger partial charge is 0.240 e. The van der Waals surface area contributed by atoms with E-state index < -0.39 is 10.0 Å². The summed E-state index contributed by atoms with van der Waals surface area (Å²) in [4.78, 5) is 9.42. The van der Waals surface area contributed by atoms with Gasteiger partial charge in [0, 0.05) is 18.3 Å². The molecular formula is C14H15N7O3S. The fourth-order valence-electron chi connectivity index (χ4n) is 2.03. The fourth-order valence-corrected chi connectivity index (χ4v) is 3.05. The summed E-state index contributed by atoms with van der Waals surface area (Å²) in [5, 5.41) is 20.9. The van der Waals surface area contributed by atoms with Crippen molar-refractivity contribution in [1.82, 2.24) is 34.9 Å². The minimum Gasteiger partial charge on any atom is -0.395 e. The second-order valence-corrected chi connectivity index (χ2v) is 6.76. The summed E-state index contributed by atoms with van der Waals surface area (Å²) in [7, 11) is -3.64. The zero-order valence-corrected chi connectivity index (χ0v) is 13.8. The summed E-state index contributed by atoms with van der Waals surface area (Å²) in [5.41, 5.74) is 1.38. The molecule has 10 nitrogen and oxygen atoms in total. The number of hydrogen-bond donors (Lipinski definition) is 2. The number of rotatable bonds is 7. The third-order valence-corrected chi connectivity index (χ3v) is 4.70. The van der Waals surface area contributed by atoms with Crippen molar-refractivity contribution in [1.29, 1.82) is 0 Å². The molecule has 3 rings (SSSR count). The first kappa shape index (κ1) is 17.1. The number of benzene rings is 1. The molecule has 11 heteroatoms. The molecule has 2 aromatic heterocycles. The first-order valence-corrected chi connectivity index (χ1v) is 8.80. The summed E-state index contributed by atoms with van der Waals surface area (Å²) < 4.78 is 26.2. The molecule has 0 fully saturated rings. The summed E-state index contributed by atoms with van der Waals surface area (Å²) in [6.07, 6.45) is 3.07. The Hall–Kier alpha value is -2.76. The quantitative estimate of drug-likeness (QED) is 0.572. The highest BCUT2D eigenvalue weighted by Crippen LogP contribution is 2.17. The predicted molar refractivity (Wildman–Crippen MR) is 86.7 cm³/mol. The predicted octanol–water partition coefficient (Wildman–Crippen LogP) is -0.551. The average molecular weight is 361 g/mol. The van der Waals surface area contributed by atoms with E-state index in [0.717, 1.165) is 5.69 Å². The number of aliphatic hydroxyl groups excluding tert-OH is 1. The maximum Gasteiger partial charge on any atom is 0.240 e. The minimum atomic E-state index is -3.64. The van der Waals surface area contributed by atoms with E-state index in [9.17, 15) is 8.42 Å². The van der Waals surface area contributed by atoms with E-state index in [1.807, 2.05) is 0 Å². The van der Waals surface area contributed by atoms with Crippen LogP contribution in [0.5, 0.6) is 0 Å². The molecule has 1 aromatic carbocycles. The molecule has 0 spiro atoms. The van der Waals surface area contributed by atoms with Crippen molar-refractivity contribution in [3.05, 3.63) is 48.5 Å². The van der Waals surface area contributed by atoms with E-state index in [1.165, 1.54) is 23.3 Å². The van der Waals surface area contributed by atoms with Gasteiger partial charge in [0.2, 0.25) is 15.8 Å². The molecule has 2 N–H and O–H groups in total. The largest absolute Gasteiger partial charge is 0.395 e. The Balaban J connectivity index is 1.75. The summed E-state index contributed by atoms with van der Waals surface area (Å²) in [6, 6.07) is 7.83. The zero-order valence-electron chi connectivity index (χ0n) is 13.0. The molecule has 0 bridgehead atoms. The Morgan fingerprint density at radius 3 is 2.64 bits per heavy atom. The molecule has 0 aliphatic rings. The number of aromatic nitrogens is 6. The fraction of sp³-hybridized carbons (Fsp3) is 0.214. The van der Waals surface area contributed by atoms with E-state index in [4.69, 9.17) is 5.11 Å². The van der Waals surface area contributed by atoms with Crippen LogP contribution in [0.25, 0.3) is 11.4 Å². The van der Waals surface area contributed by atoms with Gasteiger partial charge in [-0.3, -0.25) is 0 Å². The van der Waals surface area contributed by atoms with Crippen molar-refractivity contribution < 1.29 is 13.5 Å². The second-order valence-electron chi connectivity index (χ2n) is 4.99. The van der Waals surface area contributed by atoms with Crippen LogP contribution in [-0.2, 0) is 16.6 Å². The molecular weight excluding hydrogens is 346 g/mol. The van der Waals surface area contributed by atoms with Gasteiger partial charge in [0.05, 0.1) is 17.2 Å². The molecule has 0 saturated carbocycles. The lowest BCUT2D eigenvalue weighted by atomic mass is 10.2. The molecule has 0 atom stereocenters. The number of hydrogen-bond acceptors (Lipinski definition) is 8. The van der Waals surface area contributed by atoms with Gasteiger partial charge in [-0.05, 0) is 35.5 Å². The molecule has 0 aliphatic heterocycles. The third kappa shape index (κ3) is 4.21. The molecule has 0 saturated heterocycles. The summed E-state index contributed by atoms with van der Waals surface area (Å²) in [6.45, 7) is 0.0484. The topological polar surface area (TPSA) is 136 Å². The molecule has 0 unspecified atom stereocenters. The van der Waals surface area contributed by atoms with Gasteiger partial charge in [-0.2, -0.15) is 4.80 Å². The number of sulfonamides is 1. The number of nitrogens with zero attached hydrogens (tertiary/aromatic N) is 6. The van der Waals surface area contributed by atoms with E-state index >= 15 is 0 Å². The van der Waals surface area contributed by atoms with Crippen LogP contribution >= 0.6 is 0 Å². The van der Waals surface area contributed by atoms with Crippen molar-refractivity contribution in [2.24, 2.45) is 0 Å². The highest BCUT2D eigenvalue weighted by molar-refractivity contribution is 7.89. The Morgan fingerprint density at radius 2 is 1.96 bits per heavy atom. The van der Waals surface area contributed by atoms with E-state index in [1.54, 1.807) is 24.4 Å². The van der Waals surface area contributed by atoms with Crippen molar-refractivity contribution in [2.45, 2.75) is 11.4 Å². The van der Waals surface area contributed by atoms with E-state index in [-0.39, 0.29) is 18.0 Å². The van der Waals surface area contributed by atoms with Gasteiger partial charge >= 0.3 is 0 Å². The number of nitrogens with one attached hydrogen (secondary N) is 1. The zero-order chi connectivity index (χ0) is 17.7. The standard InChI is InChI=1S/C14H15N7O3S/c22-8-7-17-25(23,24)13-3-1-11(2-4-13)14-18-20-21(19-14)9-12-5-6-15-10-16-12/h1-6,10,17,22H,7-9H2. The van der Waals surface area contributed by atoms with E-state index in [2.05, 4.69) is 30.1 Å². The highest BCUT2D eigenvalue weighted by atomic mass is 32.2. The van der Waals surface area contributed by atoms with Crippen molar-refractivity contribution in [3.8, 4) is 11.4 Å². The van der Waals surface area contributed by atoms with Gasteiger partial charge in [0.25, 0.3) is 0 Å². The highest BCUT2D eigenvalue weighted by Gasteiger charge is 2.14. The molecule has 0 radical (unpaired) electrons. The SMILES string of the molecule is O=S(=O)(NCCO)c1ccc(-c2nnn(Cc3ccncn3)n2)cc1. The van der Waals surface area contributed by atoms with E-state index in [0.29, 0.717) is 17.9 Å². The van der Waals surface area contributed by atoms with Crippen LogP contribution < -0.4 is 4.72 Å². The maximum absolute atomic E-state index is 12.0. The first-order chi connectivity index (χ1) is 12.1. The maximum atomic E-state index is 12.0. The van der Waals surface area contributed by atoms with Crippen molar-refractivity contribution in [2.75, 3.05) is 13.2 Å². The van der Waals surface area contributed by atoms with Gasteiger partial charge in [0.15, 0.2) is 0 Å². The number of tetrazole rings is 1. The van der Waals surface area contributed by atoms with Crippen LogP contribution in [0.3, 0.4) is 0 Å². The van der Waals surface area contributed by atoms with Crippen LogP contribution in [-0.4, -0.2) is 56.9 Å². The van der Waals surface area contributed by atoms with Gasteiger partial charge in [-0.1, -0.05) is 0 Å². The molecule has 0 aliphatic carbocycles. The average Bonchev–Trinajstić information content (AvgIpc) is 3.09. The Morgan fingerprint density at radius 1 is 1.16 bits per heavy atom. The van der Waals surface area contributed by atoms with Crippen molar-refractivity contribution in [3.63, 3.8) is 0 Å². The normalized spacial score (nSPS) is 11.6. The number of aliphatic hydroxyl groups is 1. The lowest BCUT2D eigenvalue weighted by molar-refractivity contribution is 0.301. The molecule has 2 heterocycles. The second kappa shape index (κ2) is 7.42. The lowest BCUT2D eigenvalue weighted by Gasteiger charge is -2.05. The van der Waals surface area contributed by atoms with Crippen LogP contribution in [0.1, 0.15) is 5.69 Å².